The summed E-state index contributed by atoms with van der Waals surface area (Å²) in [6.07, 6.45) is 3.90. The van der Waals surface area contributed by atoms with Gasteiger partial charge in [0.05, 0.1) is 5.92 Å². The lowest BCUT2D eigenvalue weighted by Gasteiger charge is -2.36. The molecule has 21 heavy (non-hydrogen) atoms. The van der Waals surface area contributed by atoms with E-state index >= 15 is 0 Å². The Balaban J connectivity index is 1.80. The minimum Gasteiger partial charge on any atom is -0.171 e. The highest BCUT2D eigenvalue weighted by Crippen LogP contribution is 2.45. The minimum absolute atomic E-state index is 0.182. The van der Waals surface area contributed by atoms with Crippen LogP contribution in [-0.4, -0.2) is 22.1 Å². The summed E-state index contributed by atoms with van der Waals surface area (Å²) in [6, 6.07) is 0. The van der Waals surface area contributed by atoms with E-state index in [1.165, 1.54) is 12.8 Å². The van der Waals surface area contributed by atoms with Crippen LogP contribution in [0, 0.1) is 11.8 Å². The Morgan fingerprint density at radius 3 is 2.38 bits per heavy atom. The highest BCUT2D eigenvalue weighted by molar-refractivity contribution is 8.00. The maximum atomic E-state index is 12.9. The van der Waals surface area contributed by atoms with Crippen LogP contribution in [0.25, 0.3) is 0 Å². The maximum Gasteiger partial charge on any atom is 0.391 e. The van der Waals surface area contributed by atoms with Crippen LogP contribution in [0.1, 0.15) is 64.7 Å². The van der Waals surface area contributed by atoms with Gasteiger partial charge in [-0.15, -0.1) is 11.6 Å². The molecule has 2 fully saturated rings. The Kier molecular flexibility index (Phi) is 6.61. The van der Waals surface area contributed by atoms with E-state index in [4.69, 9.17) is 11.6 Å². The molecule has 124 valence electrons. The third-order valence-electron chi connectivity index (χ3n) is 4.99. The number of thioether (sulfide) groups is 1. The summed E-state index contributed by atoms with van der Waals surface area (Å²) < 4.78 is 38.6. The summed E-state index contributed by atoms with van der Waals surface area (Å²) in [5.74, 6) is -0.463. The highest BCUT2D eigenvalue weighted by Gasteiger charge is 2.43. The van der Waals surface area contributed by atoms with Gasteiger partial charge in [0.15, 0.2) is 0 Å². The summed E-state index contributed by atoms with van der Waals surface area (Å²) in [5.41, 5.74) is 0. The van der Waals surface area contributed by atoms with Crippen LogP contribution in [0.15, 0.2) is 0 Å². The van der Waals surface area contributed by atoms with Gasteiger partial charge in [-0.2, -0.15) is 24.9 Å². The molecule has 0 aromatic rings. The number of alkyl halides is 4. The number of hydrogen-bond acceptors (Lipinski definition) is 1. The lowest BCUT2D eigenvalue weighted by atomic mass is 9.85. The van der Waals surface area contributed by atoms with Gasteiger partial charge in [0.25, 0.3) is 0 Å². The van der Waals surface area contributed by atoms with Crippen LogP contribution < -0.4 is 0 Å². The zero-order valence-corrected chi connectivity index (χ0v) is 14.2. The van der Waals surface area contributed by atoms with Gasteiger partial charge >= 0.3 is 6.18 Å². The maximum absolute atomic E-state index is 12.9. The van der Waals surface area contributed by atoms with Crippen molar-refractivity contribution in [2.45, 2.75) is 86.8 Å². The van der Waals surface area contributed by atoms with E-state index in [1.807, 2.05) is 0 Å². The van der Waals surface area contributed by atoms with Gasteiger partial charge in [0, 0.05) is 15.9 Å². The molecular weight excluding hydrogens is 317 g/mol. The molecule has 0 amide bonds. The molecule has 2 rings (SSSR count). The van der Waals surface area contributed by atoms with E-state index in [1.54, 1.807) is 11.8 Å². The molecule has 0 saturated heterocycles. The predicted molar refractivity (Wildman–Crippen MR) is 85.1 cm³/mol. The fraction of sp³-hybridized carbons (Fsp3) is 1.00. The Bertz CT molecular complexity index is 321. The monoisotopic (exact) mass is 342 g/mol. The van der Waals surface area contributed by atoms with Gasteiger partial charge in [-0.3, -0.25) is 0 Å². The Morgan fingerprint density at radius 2 is 1.76 bits per heavy atom. The molecule has 0 aliphatic heterocycles. The SMILES string of the molecule is CCCC1CCC(SC2CCCC(C(F)(F)F)C2)CC1Cl. The van der Waals surface area contributed by atoms with Crippen molar-refractivity contribution in [1.29, 1.82) is 0 Å². The lowest BCUT2D eigenvalue weighted by molar-refractivity contribution is -0.181. The zero-order chi connectivity index (χ0) is 15.5. The van der Waals surface area contributed by atoms with Gasteiger partial charge in [-0.05, 0) is 50.9 Å². The van der Waals surface area contributed by atoms with Crippen molar-refractivity contribution in [2.24, 2.45) is 11.8 Å². The largest absolute Gasteiger partial charge is 0.391 e. The summed E-state index contributed by atoms with van der Waals surface area (Å²) in [7, 11) is 0. The van der Waals surface area contributed by atoms with Gasteiger partial charge in [-0.1, -0.05) is 19.8 Å². The lowest BCUT2D eigenvalue weighted by Crippen LogP contribution is -2.32. The summed E-state index contributed by atoms with van der Waals surface area (Å²) in [4.78, 5) is 0. The second-order valence-corrected chi connectivity index (χ2v) is 8.83. The van der Waals surface area contributed by atoms with Crippen molar-refractivity contribution >= 4 is 23.4 Å². The summed E-state index contributed by atoms with van der Waals surface area (Å²) >= 11 is 8.28. The fourth-order valence-corrected chi connectivity index (χ4v) is 6.15. The number of hydrogen-bond donors (Lipinski definition) is 0. The first-order valence-electron chi connectivity index (χ1n) is 8.26. The van der Waals surface area contributed by atoms with E-state index in [0.717, 1.165) is 32.1 Å². The standard InChI is InChI=1S/C16H26ClF3S/c1-2-4-11-7-8-14(10-15(11)17)21-13-6-3-5-12(9-13)16(18,19)20/h11-15H,2-10H2,1H3. The second-order valence-electron chi connectivity index (χ2n) is 6.66. The fourth-order valence-electron chi connectivity index (χ4n) is 3.80. The van der Waals surface area contributed by atoms with Crippen molar-refractivity contribution in [3.8, 4) is 0 Å². The molecule has 0 bridgehead atoms. The van der Waals surface area contributed by atoms with Crippen LogP contribution in [0.2, 0.25) is 0 Å². The smallest absolute Gasteiger partial charge is 0.171 e. The third-order valence-corrected chi connectivity index (χ3v) is 7.15. The van der Waals surface area contributed by atoms with E-state index in [2.05, 4.69) is 6.92 Å². The van der Waals surface area contributed by atoms with Crippen LogP contribution in [0.4, 0.5) is 13.2 Å². The molecule has 5 heteroatoms. The first kappa shape index (κ1) is 17.8. The number of rotatable bonds is 4. The van der Waals surface area contributed by atoms with Crippen LogP contribution in [0.5, 0.6) is 0 Å². The topological polar surface area (TPSA) is 0 Å². The van der Waals surface area contributed by atoms with Crippen molar-refractivity contribution < 1.29 is 13.2 Å². The Morgan fingerprint density at radius 1 is 1.05 bits per heavy atom. The molecule has 0 N–H and O–H groups in total. The third kappa shape index (κ3) is 5.23. The van der Waals surface area contributed by atoms with Gasteiger partial charge in [0.2, 0.25) is 0 Å². The van der Waals surface area contributed by atoms with Gasteiger partial charge in [-0.25, -0.2) is 0 Å². The molecule has 5 unspecified atom stereocenters. The van der Waals surface area contributed by atoms with Crippen molar-refractivity contribution in [1.82, 2.24) is 0 Å². The molecule has 0 spiro atoms. The van der Waals surface area contributed by atoms with E-state index in [9.17, 15) is 13.2 Å². The zero-order valence-electron chi connectivity index (χ0n) is 12.7. The number of halogens is 4. The molecule has 2 aliphatic carbocycles. The molecule has 0 nitrogen and oxygen atoms in total. The Labute approximate surface area is 135 Å². The van der Waals surface area contributed by atoms with Crippen molar-refractivity contribution in [2.75, 3.05) is 0 Å². The summed E-state index contributed by atoms with van der Waals surface area (Å²) in [6.45, 7) is 2.18. The molecule has 2 saturated carbocycles. The van der Waals surface area contributed by atoms with Gasteiger partial charge < -0.3 is 0 Å². The van der Waals surface area contributed by atoms with Crippen LogP contribution in [0.3, 0.4) is 0 Å². The minimum atomic E-state index is -4.01. The van der Waals surface area contributed by atoms with Crippen molar-refractivity contribution in [3.63, 3.8) is 0 Å². The molecule has 2 aliphatic rings. The van der Waals surface area contributed by atoms with Crippen molar-refractivity contribution in [3.05, 3.63) is 0 Å². The molecule has 0 aromatic heterocycles. The van der Waals surface area contributed by atoms with Crippen LogP contribution >= 0.6 is 23.4 Å². The normalized spacial score (nSPS) is 38.4. The molecule has 0 aromatic carbocycles. The van der Waals surface area contributed by atoms with Gasteiger partial charge in [0.1, 0.15) is 0 Å². The first-order valence-corrected chi connectivity index (χ1v) is 9.64. The molecule has 5 atom stereocenters. The quantitative estimate of drug-likeness (QED) is 0.531. The average molecular weight is 343 g/mol. The first-order chi connectivity index (χ1) is 9.90. The second kappa shape index (κ2) is 7.81. The van der Waals surface area contributed by atoms with Crippen LogP contribution in [-0.2, 0) is 0 Å². The summed E-state index contributed by atoms with van der Waals surface area (Å²) in [5, 5.41) is 0.873. The van der Waals surface area contributed by atoms with E-state index in [0.29, 0.717) is 24.0 Å². The predicted octanol–water partition coefficient (Wildman–Crippen LogP) is 6.42. The van der Waals surface area contributed by atoms with E-state index < -0.39 is 12.1 Å². The Hall–Kier alpha value is 0.430. The molecule has 0 heterocycles. The molecule has 0 radical (unpaired) electrons. The molecular formula is C16H26ClF3S. The van der Waals surface area contributed by atoms with E-state index in [-0.39, 0.29) is 10.6 Å². The highest BCUT2D eigenvalue weighted by atomic mass is 35.5. The average Bonchev–Trinajstić information content (AvgIpc) is 2.41.